The standard InChI is InChI=1S/C9H4Cl3N3O3/c10-4-1-2-5(8(12)7(4)11)14-9(16)6(3-13-14)15(17)18/h1-3,13H. The van der Waals surface area contributed by atoms with Gasteiger partial charge in [-0.2, -0.15) is 0 Å². The largest absolute Gasteiger partial charge is 0.353 e. The van der Waals surface area contributed by atoms with Crippen LogP contribution in [0.15, 0.2) is 23.1 Å². The van der Waals surface area contributed by atoms with Crippen molar-refractivity contribution in [3.63, 3.8) is 0 Å². The van der Waals surface area contributed by atoms with Crippen molar-refractivity contribution in [3.05, 3.63) is 53.9 Å². The Morgan fingerprint density at radius 3 is 2.44 bits per heavy atom. The lowest BCUT2D eigenvalue weighted by Crippen LogP contribution is -2.17. The van der Waals surface area contributed by atoms with Crippen molar-refractivity contribution >= 4 is 40.5 Å². The average molecular weight is 309 g/mol. The number of H-pyrrole nitrogens is 1. The minimum Gasteiger partial charge on any atom is -0.291 e. The molecular formula is C9H4Cl3N3O3. The van der Waals surface area contributed by atoms with Gasteiger partial charge in [0.1, 0.15) is 6.20 Å². The van der Waals surface area contributed by atoms with Crippen molar-refractivity contribution in [3.8, 4) is 5.69 Å². The lowest BCUT2D eigenvalue weighted by molar-refractivity contribution is -0.386. The monoisotopic (exact) mass is 307 g/mol. The maximum Gasteiger partial charge on any atom is 0.353 e. The second kappa shape index (κ2) is 4.64. The Hall–Kier alpha value is -1.50. The number of nitrogens with zero attached hydrogens (tertiary/aromatic N) is 2. The van der Waals surface area contributed by atoms with Crippen LogP contribution in [0.2, 0.25) is 15.1 Å². The molecule has 2 aromatic rings. The van der Waals surface area contributed by atoms with Gasteiger partial charge in [0.05, 0.1) is 25.7 Å². The van der Waals surface area contributed by atoms with Crippen LogP contribution in [-0.2, 0) is 0 Å². The molecule has 1 aromatic heterocycles. The zero-order valence-electron chi connectivity index (χ0n) is 8.49. The zero-order valence-corrected chi connectivity index (χ0v) is 10.8. The molecule has 0 bridgehead atoms. The highest BCUT2D eigenvalue weighted by Gasteiger charge is 2.20. The molecule has 0 aliphatic heterocycles. The number of nitro groups is 1. The molecule has 0 spiro atoms. The van der Waals surface area contributed by atoms with Crippen LogP contribution in [0.25, 0.3) is 5.69 Å². The van der Waals surface area contributed by atoms with Crippen molar-refractivity contribution in [1.82, 2.24) is 9.78 Å². The quantitative estimate of drug-likeness (QED) is 0.526. The van der Waals surface area contributed by atoms with Crippen molar-refractivity contribution in [1.29, 1.82) is 0 Å². The van der Waals surface area contributed by atoms with Crippen LogP contribution in [0.1, 0.15) is 0 Å². The molecule has 0 aliphatic rings. The van der Waals surface area contributed by atoms with Crippen molar-refractivity contribution in [2.75, 3.05) is 0 Å². The third-order valence-corrected chi connectivity index (χ3v) is 3.49. The number of hydrogen-bond donors (Lipinski definition) is 1. The smallest absolute Gasteiger partial charge is 0.291 e. The maximum atomic E-state index is 11.7. The van der Waals surface area contributed by atoms with Gasteiger partial charge in [0.2, 0.25) is 0 Å². The fourth-order valence-electron chi connectivity index (χ4n) is 1.36. The number of halogens is 3. The molecule has 0 unspecified atom stereocenters. The molecule has 0 atom stereocenters. The van der Waals surface area contributed by atoms with Crippen LogP contribution in [-0.4, -0.2) is 14.7 Å². The van der Waals surface area contributed by atoms with Crippen LogP contribution in [0.5, 0.6) is 0 Å². The minimum absolute atomic E-state index is 0.0306. The fourth-order valence-corrected chi connectivity index (χ4v) is 1.97. The number of aromatic amines is 1. The normalized spacial score (nSPS) is 10.6. The van der Waals surface area contributed by atoms with Gasteiger partial charge in [0, 0.05) is 0 Å². The lowest BCUT2D eigenvalue weighted by Gasteiger charge is -2.06. The number of aromatic nitrogens is 2. The van der Waals surface area contributed by atoms with Gasteiger partial charge in [0.25, 0.3) is 0 Å². The third-order valence-electron chi connectivity index (χ3n) is 2.20. The predicted octanol–water partition coefficient (Wildman–Crippen LogP) is 3.03. The Kier molecular flexibility index (Phi) is 3.34. The van der Waals surface area contributed by atoms with E-state index in [0.717, 1.165) is 10.9 Å². The van der Waals surface area contributed by atoms with Crippen molar-refractivity contribution < 1.29 is 4.92 Å². The first kappa shape index (κ1) is 12.9. The molecule has 18 heavy (non-hydrogen) atoms. The Labute approximate surface area is 115 Å². The first-order valence-electron chi connectivity index (χ1n) is 4.52. The summed E-state index contributed by atoms with van der Waals surface area (Å²) in [5, 5.41) is 13.3. The van der Waals surface area contributed by atoms with E-state index in [1.807, 2.05) is 0 Å². The Bertz CT molecular complexity index is 692. The Morgan fingerprint density at radius 2 is 1.89 bits per heavy atom. The van der Waals surface area contributed by atoms with E-state index in [4.69, 9.17) is 34.8 Å². The highest BCUT2D eigenvalue weighted by molar-refractivity contribution is 6.48. The summed E-state index contributed by atoms with van der Waals surface area (Å²) in [6.45, 7) is 0. The summed E-state index contributed by atoms with van der Waals surface area (Å²) in [6.07, 6.45) is 0.973. The summed E-state index contributed by atoms with van der Waals surface area (Å²) < 4.78 is 0.919. The molecule has 6 nitrogen and oxygen atoms in total. The zero-order chi connectivity index (χ0) is 13.4. The molecule has 1 heterocycles. The molecule has 2 rings (SSSR count). The highest BCUT2D eigenvalue weighted by Crippen LogP contribution is 2.33. The second-order valence-corrected chi connectivity index (χ2v) is 4.41. The predicted molar refractivity (Wildman–Crippen MR) is 68.1 cm³/mol. The minimum atomic E-state index is -0.833. The highest BCUT2D eigenvalue weighted by atomic mass is 35.5. The number of nitrogens with one attached hydrogen (secondary N) is 1. The van der Waals surface area contributed by atoms with Crippen molar-refractivity contribution in [2.45, 2.75) is 0 Å². The number of benzene rings is 1. The van der Waals surface area contributed by atoms with Gasteiger partial charge < -0.3 is 0 Å². The van der Waals surface area contributed by atoms with E-state index in [9.17, 15) is 14.9 Å². The molecule has 0 saturated heterocycles. The van der Waals surface area contributed by atoms with Gasteiger partial charge in [0.15, 0.2) is 0 Å². The summed E-state index contributed by atoms with van der Waals surface area (Å²) >= 11 is 17.5. The Balaban J connectivity index is 2.67. The molecule has 9 heteroatoms. The number of rotatable bonds is 2. The lowest BCUT2D eigenvalue weighted by atomic mass is 10.3. The Morgan fingerprint density at radius 1 is 1.22 bits per heavy atom. The molecule has 94 valence electrons. The molecule has 0 amide bonds. The number of hydrogen-bond acceptors (Lipinski definition) is 3. The molecule has 0 aliphatic carbocycles. The molecule has 0 radical (unpaired) electrons. The van der Waals surface area contributed by atoms with E-state index in [2.05, 4.69) is 5.10 Å². The molecule has 0 fully saturated rings. The van der Waals surface area contributed by atoms with Gasteiger partial charge >= 0.3 is 11.2 Å². The van der Waals surface area contributed by atoms with Crippen LogP contribution in [0, 0.1) is 10.1 Å². The summed E-state index contributed by atoms with van der Waals surface area (Å²) in [4.78, 5) is 21.5. The first-order valence-corrected chi connectivity index (χ1v) is 5.65. The van der Waals surface area contributed by atoms with Gasteiger partial charge in [-0.05, 0) is 12.1 Å². The third kappa shape index (κ3) is 1.98. The first-order chi connectivity index (χ1) is 8.43. The summed E-state index contributed by atoms with van der Waals surface area (Å²) in [6, 6.07) is 2.86. The van der Waals surface area contributed by atoms with E-state index in [0.29, 0.717) is 0 Å². The topological polar surface area (TPSA) is 80.9 Å². The van der Waals surface area contributed by atoms with E-state index >= 15 is 0 Å². The van der Waals surface area contributed by atoms with Crippen LogP contribution >= 0.6 is 34.8 Å². The summed E-state index contributed by atoms with van der Waals surface area (Å²) in [5.74, 6) is 0. The van der Waals surface area contributed by atoms with Gasteiger partial charge in [-0.15, -0.1) is 0 Å². The van der Waals surface area contributed by atoms with Crippen LogP contribution in [0.3, 0.4) is 0 Å². The molecule has 1 aromatic carbocycles. The maximum absolute atomic E-state index is 11.7. The van der Waals surface area contributed by atoms with Gasteiger partial charge in [-0.1, -0.05) is 34.8 Å². The van der Waals surface area contributed by atoms with E-state index in [-0.39, 0.29) is 20.8 Å². The molecule has 0 saturated carbocycles. The summed E-state index contributed by atoms with van der Waals surface area (Å²) in [5.41, 5.74) is -1.23. The average Bonchev–Trinajstić information content (AvgIpc) is 2.69. The second-order valence-electron chi connectivity index (χ2n) is 3.25. The van der Waals surface area contributed by atoms with E-state index < -0.39 is 16.2 Å². The van der Waals surface area contributed by atoms with Crippen LogP contribution in [0.4, 0.5) is 5.69 Å². The molecular weight excluding hydrogens is 304 g/mol. The van der Waals surface area contributed by atoms with Crippen LogP contribution < -0.4 is 5.56 Å². The SMILES string of the molecule is O=c1c([N+](=O)[O-])c[nH]n1-c1ccc(Cl)c(Cl)c1Cl. The fraction of sp³-hybridized carbons (Fsp3) is 0. The van der Waals surface area contributed by atoms with Gasteiger partial charge in [-0.3, -0.25) is 20.0 Å². The molecule has 1 N–H and O–H groups in total. The summed E-state index contributed by atoms with van der Waals surface area (Å²) in [7, 11) is 0. The van der Waals surface area contributed by atoms with E-state index in [1.54, 1.807) is 0 Å². The van der Waals surface area contributed by atoms with E-state index in [1.165, 1.54) is 12.1 Å². The van der Waals surface area contributed by atoms with Crippen molar-refractivity contribution in [2.24, 2.45) is 0 Å². The van der Waals surface area contributed by atoms with Gasteiger partial charge in [-0.25, -0.2) is 4.68 Å².